The fourth-order valence-electron chi connectivity index (χ4n) is 1.73. The van der Waals surface area contributed by atoms with E-state index in [9.17, 15) is 4.79 Å². The lowest BCUT2D eigenvalue weighted by Crippen LogP contribution is -2.27. The molecule has 1 aromatic heterocycles. The van der Waals surface area contributed by atoms with E-state index < -0.39 is 0 Å². The normalized spacial score (nSPS) is 10.8. The van der Waals surface area contributed by atoms with Crippen molar-refractivity contribution in [3.8, 4) is 0 Å². The van der Waals surface area contributed by atoms with Gasteiger partial charge >= 0.3 is 0 Å². The minimum Gasteiger partial charge on any atom is -0.395 e. The molecule has 1 aromatic carbocycles. The highest BCUT2D eigenvalue weighted by molar-refractivity contribution is 6.31. The molecule has 0 atom stereocenters. The van der Waals surface area contributed by atoms with Crippen LogP contribution in [0.25, 0.3) is 10.9 Å². The van der Waals surface area contributed by atoms with Gasteiger partial charge in [-0.05, 0) is 18.2 Å². The molecule has 2 N–H and O–H groups in total. The minimum absolute atomic E-state index is 0.0467. The molecule has 6 heteroatoms. The lowest BCUT2D eigenvalue weighted by molar-refractivity contribution is -0.121. The number of aliphatic hydroxyl groups is 1. The van der Waals surface area contributed by atoms with Crippen molar-refractivity contribution in [1.29, 1.82) is 0 Å². The van der Waals surface area contributed by atoms with E-state index >= 15 is 0 Å². The number of nitrogens with one attached hydrogen (secondary N) is 1. The Bertz CT molecular complexity index is 553. The number of rotatable bonds is 5. The molecule has 1 amide bonds. The van der Waals surface area contributed by atoms with Crippen LogP contribution >= 0.6 is 11.6 Å². The molecule has 0 bridgehead atoms. The van der Waals surface area contributed by atoms with Crippen LogP contribution in [0.5, 0.6) is 0 Å². The maximum Gasteiger partial charge on any atom is 0.221 e. The van der Waals surface area contributed by atoms with Crippen molar-refractivity contribution >= 4 is 28.4 Å². The molecule has 0 radical (unpaired) electrons. The van der Waals surface area contributed by atoms with E-state index in [4.69, 9.17) is 16.7 Å². The van der Waals surface area contributed by atoms with Gasteiger partial charge in [-0.25, -0.2) is 0 Å². The maximum absolute atomic E-state index is 11.4. The van der Waals surface area contributed by atoms with Crippen LogP contribution in [0.1, 0.15) is 6.42 Å². The molecule has 2 aromatic rings. The van der Waals surface area contributed by atoms with E-state index in [-0.39, 0.29) is 19.1 Å². The summed E-state index contributed by atoms with van der Waals surface area (Å²) in [7, 11) is 0. The van der Waals surface area contributed by atoms with E-state index in [1.165, 1.54) is 0 Å². The summed E-state index contributed by atoms with van der Waals surface area (Å²) in [5, 5.41) is 17.0. The van der Waals surface area contributed by atoms with Crippen LogP contribution in [0.15, 0.2) is 24.4 Å². The summed E-state index contributed by atoms with van der Waals surface area (Å²) in [6, 6.07) is 5.52. The smallest absolute Gasteiger partial charge is 0.221 e. The number of carbonyl (C=O) groups excluding carboxylic acids is 1. The Morgan fingerprint density at radius 1 is 1.50 bits per heavy atom. The molecular weight excluding hydrogens is 254 g/mol. The van der Waals surface area contributed by atoms with Crippen molar-refractivity contribution in [2.45, 2.75) is 13.0 Å². The highest BCUT2D eigenvalue weighted by Gasteiger charge is 2.05. The van der Waals surface area contributed by atoms with Gasteiger partial charge in [0.1, 0.15) is 0 Å². The van der Waals surface area contributed by atoms with Crippen molar-refractivity contribution in [3.63, 3.8) is 0 Å². The summed E-state index contributed by atoms with van der Waals surface area (Å²) < 4.78 is 1.77. The number of aliphatic hydroxyl groups excluding tert-OH is 1. The van der Waals surface area contributed by atoms with Crippen LogP contribution in [-0.2, 0) is 11.3 Å². The van der Waals surface area contributed by atoms with E-state index in [2.05, 4.69) is 10.4 Å². The van der Waals surface area contributed by atoms with Crippen molar-refractivity contribution in [2.75, 3.05) is 13.2 Å². The third-order valence-electron chi connectivity index (χ3n) is 2.59. The van der Waals surface area contributed by atoms with Gasteiger partial charge in [0.05, 0.1) is 24.9 Å². The van der Waals surface area contributed by atoms with E-state index in [1.54, 1.807) is 16.9 Å². The zero-order valence-corrected chi connectivity index (χ0v) is 10.5. The quantitative estimate of drug-likeness (QED) is 0.855. The molecule has 0 saturated heterocycles. The van der Waals surface area contributed by atoms with Gasteiger partial charge in [0.15, 0.2) is 0 Å². The molecule has 2 rings (SSSR count). The van der Waals surface area contributed by atoms with E-state index in [0.717, 1.165) is 10.9 Å². The van der Waals surface area contributed by atoms with Crippen LogP contribution in [0, 0.1) is 0 Å². The first-order chi connectivity index (χ1) is 8.70. The zero-order valence-electron chi connectivity index (χ0n) is 9.77. The molecule has 0 aliphatic rings. The number of hydrogen-bond donors (Lipinski definition) is 2. The van der Waals surface area contributed by atoms with Gasteiger partial charge in [0, 0.05) is 23.4 Å². The molecule has 1 heterocycles. The van der Waals surface area contributed by atoms with Crippen LogP contribution in [0.3, 0.4) is 0 Å². The average Bonchev–Trinajstić information content (AvgIpc) is 2.76. The van der Waals surface area contributed by atoms with Crippen LogP contribution in [-0.4, -0.2) is 33.9 Å². The number of halogens is 1. The standard InChI is InChI=1S/C12H14ClN3O2/c13-10-1-2-11-9(7-10)8-15-16(11)5-3-12(18)14-4-6-17/h1-2,7-8,17H,3-6H2,(H,14,18). The number of aromatic nitrogens is 2. The lowest BCUT2D eigenvalue weighted by atomic mass is 10.2. The molecule has 0 aliphatic heterocycles. The number of hydrogen-bond acceptors (Lipinski definition) is 3. The summed E-state index contributed by atoms with van der Waals surface area (Å²) >= 11 is 5.89. The van der Waals surface area contributed by atoms with Gasteiger partial charge in [-0.15, -0.1) is 0 Å². The number of nitrogens with zero attached hydrogens (tertiary/aromatic N) is 2. The molecule has 0 aliphatic carbocycles. The molecule has 0 spiro atoms. The first-order valence-corrected chi connectivity index (χ1v) is 6.07. The van der Waals surface area contributed by atoms with Crippen molar-refractivity contribution < 1.29 is 9.90 Å². The molecule has 18 heavy (non-hydrogen) atoms. The van der Waals surface area contributed by atoms with Gasteiger partial charge in [0.2, 0.25) is 5.91 Å². The average molecular weight is 268 g/mol. The predicted octanol–water partition coefficient (Wildman–Crippen LogP) is 1.19. The van der Waals surface area contributed by atoms with Gasteiger partial charge in [-0.3, -0.25) is 9.48 Å². The number of aryl methyl sites for hydroxylation is 1. The number of benzene rings is 1. The Morgan fingerprint density at radius 3 is 3.11 bits per heavy atom. The number of amides is 1. The first-order valence-electron chi connectivity index (χ1n) is 5.69. The molecule has 96 valence electrons. The van der Waals surface area contributed by atoms with Crippen molar-refractivity contribution in [3.05, 3.63) is 29.4 Å². The predicted molar refractivity (Wildman–Crippen MR) is 69.5 cm³/mol. The summed E-state index contributed by atoms with van der Waals surface area (Å²) in [6.45, 7) is 0.742. The fourth-order valence-corrected chi connectivity index (χ4v) is 1.91. The molecule has 0 unspecified atom stereocenters. The number of carbonyl (C=O) groups is 1. The second-order valence-electron chi connectivity index (χ2n) is 3.89. The molecule has 0 fully saturated rings. The van der Waals surface area contributed by atoms with Crippen molar-refractivity contribution in [1.82, 2.24) is 15.1 Å². The second-order valence-corrected chi connectivity index (χ2v) is 4.33. The molecular formula is C12H14ClN3O2. The summed E-state index contributed by atoms with van der Waals surface area (Å²) in [5.74, 6) is -0.0957. The van der Waals surface area contributed by atoms with Crippen molar-refractivity contribution in [2.24, 2.45) is 0 Å². The maximum atomic E-state index is 11.4. The molecule has 5 nitrogen and oxygen atoms in total. The Balaban J connectivity index is 2.02. The molecule has 0 saturated carbocycles. The van der Waals surface area contributed by atoms with E-state index in [1.807, 2.05) is 12.1 Å². The summed E-state index contributed by atoms with van der Waals surface area (Å²) in [5.41, 5.74) is 0.953. The fraction of sp³-hybridized carbons (Fsp3) is 0.333. The summed E-state index contributed by atoms with van der Waals surface area (Å²) in [4.78, 5) is 11.4. The van der Waals surface area contributed by atoms with Gasteiger partial charge in [0.25, 0.3) is 0 Å². The third kappa shape index (κ3) is 3.00. The van der Waals surface area contributed by atoms with Crippen LogP contribution < -0.4 is 5.32 Å². The Kier molecular flexibility index (Phi) is 4.17. The lowest BCUT2D eigenvalue weighted by Gasteiger charge is -2.04. The first kappa shape index (κ1) is 12.9. The highest BCUT2D eigenvalue weighted by atomic mass is 35.5. The van der Waals surface area contributed by atoms with Crippen LogP contribution in [0.2, 0.25) is 5.02 Å². The monoisotopic (exact) mass is 267 g/mol. The van der Waals surface area contributed by atoms with Crippen LogP contribution in [0.4, 0.5) is 0 Å². The largest absolute Gasteiger partial charge is 0.395 e. The van der Waals surface area contributed by atoms with E-state index in [0.29, 0.717) is 18.0 Å². The zero-order chi connectivity index (χ0) is 13.0. The topological polar surface area (TPSA) is 67.2 Å². The summed E-state index contributed by atoms with van der Waals surface area (Å²) in [6.07, 6.45) is 2.06. The Morgan fingerprint density at radius 2 is 2.33 bits per heavy atom. The SMILES string of the molecule is O=C(CCn1ncc2cc(Cl)ccc21)NCCO. The Hall–Kier alpha value is -1.59. The minimum atomic E-state index is -0.0957. The van der Waals surface area contributed by atoms with Gasteiger partial charge in [-0.2, -0.15) is 5.10 Å². The third-order valence-corrected chi connectivity index (χ3v) is 2.82. The highest BCUT2D eigenvalue weighted by Crippen LogP contribution is 2.18. The van der Waals surface area contributed by atoms with Gasteiger partial charge in [-0.1, -0.05) is 11.6 Å². The van der Waals surface area contributed by atoms with Gasteiger partial charge < -0.3 is 10.4 Å². The number of fused-ring (bicyclic) bond motifs is 1. The Labute approximate surface area is 109 Å². The second kappa shape index (κ2) is 5.84.